The summed E-state index contributed by atoms with van der Waals surface area (Å²) in [5, 5.41) is 0. The molecule has 0 unspecified atom stereocenters. The Morgan fingerprint density at radius 1 is 1.50 bits per heavy atom. The summed E-state index contributed by atoms with van der Waals surface area (Å²) in [6.45, 7) is 0. The van der Waals surface area contributed by atoms with E-state index in [1.165, 1.54) is 0 Å². The van der Waals surface area contributed by atoms with Crippen LogP contribution in [0.25, 0.3) is 0 Å². The van der Waals surface area contributed by atoms with E-state index in [2.05, 4.69) is 0 Å². The predicted octanol–water partition coefficient (Wildman–Crippen LogP) is -1.66. The molecular formula is H2AlO3SiTi. The zero-order valence-corrected chi connectivity index (χ0v) is 7.14. The molecule has 0 atom stereocenters. The Morgan fingerprint density at radius 2 is 1.67 bits per heavy atom. The number of rotatable bonds is 1. The Hall–Kier alpha value is 0.864. The van der Waals surface area contributed by atoms with Crippen molar-refractivity contribution in [2.75, 3.05) is 0 Å². The first-order valence-electron chi connectivity index (χ1n) is 1.02. The molecule has 0 rings (SSSR count). The number of hydrogen-bond acceptors (Lipinski definition) is 3. The van der Waals surface area contributed by atoms with E-state index < -0.39 is 25.6 Å². The fourth-order valence-electron chi connectivity index (χ4n) is 0. The van der Waals surface area contributed by atoms with Crippen LogP contribution >= 0.6 is 0 Å². The summed E-state index contributed by atoms with van der Waals surface area (Å²) >= 11 is -0.597. The predicted molar refractivity (Wildman–Crippen MR) is 16.4 cm³/mol. The summed E-state index contributed by atoms with van der Waals surface area (Å²) in [7, 11) is -0.898. The molecule has 0 bridgehead atoms. The monoisotopic (exact) mass is 153 g/mol. The average molecular weight is 153 g/mol. The van der Waals surface area contributed by atoms with Crippen LogP contribution in [0.2, 0.25) is 0 Å². The van der Waals surface area contributed by atoms with Crippen molar-refractivity contribution in [1.82, 2.24) is 0 Å². The van der Waals surface area contributed by atoms with Crippen molar-refractivity contribution in [2.24, 2.45) is 0 Å². The van der Waals surface area contributed by atoms with Crippen molar-refractivity contribution < 1.29 is 30.0 Å². The zero-order valence-electron chi connectivity index (χ0n) is 3.01. The van der Waals surface area contributed by atoms with Crippen LogP contribution in [0.15, 0.2) is 0 Å². The van der Waals surface area contributed by atoms with Crippen LogP contribution in [-0.2, 0) is 30.0 Å². The van der Waals surface area contributed by atoms with Gasteiger partial charge in [0.15, 0.2) is 0 Å². The van der Waals surface area contributed by atoms with Gasteiger partial charge in [0.1, 0.15) is 0 Å². The Bertz CT molecular complexity index is 40.1. The first-order chi connectivity index (χ1) is 2.91. The maximum absolute atomic E-state index is 9.15. The first-order valence-corrected chi connectivity index (χ1v) is 5.99. The normalized spacial score (nSPS) is 3.17. The van der Waals surface area contributed by atoms with E-state index in [9.17, 15) is 0 Å². The van der Waals surface area contributed by atoms with Gasteiger partial charge in [-0.25, -0.2) is 0 Å². The van der Waals surface area contributed by atoms with Gasteiger partial charge in [-0.05, 0) is 0 Å². The van der Waals surface area contributed by atoms with Crippen LogP contribution in [0.5, 0.6) is 0 Å². The summed E-state index contributed by atoms with van der Waals surface area (Å²) in [4.78, 5) is 0. The topological polar surface area (TPSA) is 51.2 Å². The third kappa shape index (κ3) is 20.9. The molecule has 0 saturated carbocycles. The van der Waals surface area contributed by atoms with Crippen LogP contribution in [0.4, 0.5) is 0 Å². The molecule has 0 heterocycles. The summed E-state index contributed by atoms with van der Waals surface area (Å²) in [5.41, 5.74) is 0. The van der Waals surface area contributed by atoms with Gasteiger partial charge in [-0.2, -0.15) is 0 Å². The van der Waals surface area contributed by atoms with Crippen LogP contribution in [0.3, 0.4) is 0 Å². The van der Waals surface area contributed by atoms with Crippen molar-refractivity contribution in [3.63, 3.8) is 0 Å². The van der Waals surface area contributed by atoms with Crippen molar-refractivity contribution in [1.29, 1.82) is 0 Å². The molecule has 6 heavy (non-hydrogen) atoms. The molecule has 0 aromatic rings. The molecule has 0 spiro atoms. The second-order valence-corrected chi connectivity index (χ2v) is 2.92. The molecule has 6 heteroatoms. The molecule has 0 radical (unpaired) electrons. The fourth-order valence-corrected chi connectivity index (χ4v) is 0. The molecule has 0 saturated heterocycles. The molecule has 31 valence electrons. The minimum absolute atomic E-state index is 0.611. The Labute approximate surface area is 53.5 Å². The molecule has 0 amide bonds. The Balaban J connectivity index is 0. The average Bonchev–Trinajstić information content (AvgIpc) is 1.72. The molecule has 0 aliphatic rings. The van der Waals surface area contributed by atoms with Crippen molar-refractivity contribution >= 4 is 23.5 Å². The maximum atomic E-state index is 9.15. The van der Waals surface area contributed by atoms with E-state index in [4.69, 9.17) is 11.6 Å². The molecule has 0 aliphatic heterocycles. The molecule has 0 aromatic carbocycles. The van der Waals surface area contributed by atoms with Gasteiger partial charge >= 0.3 is 53.5 Å². The van der Waals surface area contributed by atoms with Gasteiger partial charge in [0.05, 0.1) is 0 Å². The zero-order chi connectivity index (χ0) is 5.41. The quantitative estimate of drug-likeness (QED) is 0.424. The van der Waals surface area contributed by atoms with Gasteiger partial charge in [0, 0.05) is 0 Å². The van der Waals surface area contributed by atoms with Gasteiger partial charge in [-0.3, -0.25) is 0 Å². The van der Waals surface area contributed by atoms with E-state index in [1.807, 2.05) is 0 Å². The standard InChI is InChI=1S/Al.HOSi.2O.Ti.H/c;1-2;;;;/h;2H;;;;. The van der Waals surface area contributed by atoms with Gasteiger partial charge in [-0.1, -0.05) is 0 Å². The Morgan fingerprint density at radius 3 is 1.67 bits per heavy atom. The van der Waals surface area contributed by atoms with Gasteiger partial charge in [-0.15, -0.1) is 0 Å². The van der Waals surface area contributed by atoms with Crippen molar-refractivity contribution in [3.8, 4) is 0 Å². The summed E-state index contributed by atoms with van der Waals surface area (Å²) in [5.74, 6) is 0. The van der Waals surface area contributed by atoms with Gasteiger partial charge < -0.3 is 0 Å². The van der Waals surface area contributed by atoms with Crippen LogP contribution in [0, 0.1) is 0 Å². The molecule has 0 N–H and O–H groups in total. The van der Waals surface area contributed by atoms with E-state index in [-0.39, 0.29) is 0 Å². The van der Waals surface area contributed by atoms with Crippen molar-refractivity contribution in [2.45, 2.75) is 0 Å². The van der Waals surface area contributed by atoms with Crippen LogP contribution in [-0.4, -0.2) is 23.5 Å². The Kier molecular flexibility index (Phi) is 28.1. The fraction of sp³-hybridized carbons (Fsp3) is 0. The second-order valence-electron chi connectivity index (χ2n) is 0.236. The molecule has 3 nitrogen and oxygen atoms in total. The van der Waals surface area contributed by atoms with Crippen LogP contribution in [0.1, 0.15) is 0 Å². The number of hydrogen-bond donors (Lipinski definition) is 0. The SMILES string of the molecule is O=[SiH][Ti]=[O].[O]=[AlH]. The third-order valence-corrected chi connectivity index (χ3v) is 0.595. The first kappa shape index (κ1) is 9.98. The summed E-state index contributed by atoms with van der Waals surface area (Å²) in [6.07, 6.45) is 0. The third-order valence-electron chi connectivity index (χ3n) is 0.0481. The second kappa shape index (κ2) is 16.9. The molecule has 0 fully saturated rings. The minimum atomic E-state index is -1.21. The van der Waals surface area contributed by atoms with E-state index >= 15 is 0 Å². The van der Waals surface area contributed by atoms with Gasteiger partial charge in [0.25, 0.3) is 0 Å². The summed E-state index contributed by atoms with van der Waals surface area (Å²) in [6, 6.07) is 0. The van der Waals surface area contributed by atoms with E-state index in [1.54, 1.807) is 0 Å². The van der Waals surface area contributed by atoms with Crippen molar-refractivity contribution in [3.05, 3.63) is 0 Å². The van der Waals surface area contributed by atoms with E-state index in [0.717, 1.165) is 0 Å². The van der Waals surface area contributed by atoms with Gasteiger partial charge in [0.2, 0.25) is 0 Å². The molecule has 0 aliphatic carbocycles. The van der Waals surface area contributed by atoms with E-state index in [0.29, 0.717) is 16.2 Å². The molecule has 0 aromatic heterocycles. The van der Waals surface area contributed by atoms with Crippen LogP contribution < -0.4 is 0 Å². The molecular weight excluding hydrogens is 151 g/mol. The summed E-state index contributed by atoms with van der Waals surface area (Å²) < 4.78 is 26.6.